The van der Waals surface area contributed by atoms with Gasteiger partial charge in [-0.15, -0.1) is 0 Å². The van der Waals surface area contributed by atoms with Crippen LogP contribution in [0.1, 0.15) is 41.5 Å². The monoisotopic (exact) mass is 421 g/mol. The summed E-state index contributed by atoms with van der Waals surface area (Å²) in [4.78, 5) is 23.3. The number of carbonyl (C=O) groups is 2. The molecule has 10 atom stereocenters. The molecule has 10 nitrogen and oxygen atoms in total. The average molecular weight is 421 g/mol. The first kappa shape index (κ1) is 25.7. The minimum atomic E-state index is -1.49. The van der Waals surface area contributed by atoms with Gasteiger partial charge in [0.15, 0.2) is 18.7 Å². The summed E-state index contributed by atoms with van der Waals surface area (Å²) >= 11 is 0. The van der Waals surface area contributed by atoms with Crippen LogP contribution in [0, 0.1) is 11.8 Å². The van der Waals surface area contributed by atoms with Gasteiger partial charge < -0.3 is 39.6 Å². The van der Waals surface area contributed by atoms with Crippen LogP contribution in [0.15, 0.2) is 0 Å². The third-order valence-corrected chi connectivity index (χ3v) is 5.51. The van der Waals surface area contributed by atoms with Crippen LogP contribution in [0.5, 0.6) is 0 Å². The predicted octanol–water partition coefficient (Wildman–Crippen LogP) is 0.0972. The number of ether oxygens (including phenoxy) is 4. The Morgan fingerprint density at radius 2 is 1.69 bits per heavy atom. The molecule has 0 radical (unpaired) electrons. The molecule has 0 aromatic heterocycles. The van der Waals surface area contributed by atoms with E-state index in [0.29, 0.717) is 6.42 Å². The molecule has 0 bridgehead atoms. The van der Waals surface area contributed by atoms with Crippen LogP contribution in [0.25, 0.3) is 0 Å². The fourth-order valence-electron chi connectivity index (χ4n) is 3.79. The molecule has 1 amide bonds. The molecule has 2 rings (SSSR count). The highest BCUT2D eigenvalue weighted by molar-refractivity contribution is 5.74. The van der Waals surface area contributed by atoms with Crippen LogP contribution in [0.4, 0.5) is 0 Å². The number of nitrogens with one attached hydrogen (secondary N) is 1. The quantitative estimate of drug-likeness (QED) is 0.469. The van der Waals surface area contributed by atoms with Gasteiger partial charge in [-0.05, 0) is 6.42 Å². The molecule has 4 unspecified atom stereocenters. The summed E-state index contributed by atoms with van der Waals surface area (Å²) in [6.45, 7) is 6.56. The molecule has 2 aliphatic heterocycles. The van der Waals surface area contributed by atoms with Crippen molar-refractivity contribution in [3.63, 3.8) is 0 Å². The Balaban J connectivity index is 0.00000420. The third-order valence-electron chi connectivity index (χ3n) is 5.51. The lowest BCUT2D eigenvalue weighted by molar-refractivity contribution is -0.324. The lowest BCUT2D eigenvalue weighted by atomic mass is 9.87. The molecule has 2 saturated heterocycles. The zero-order chi connectivity index (χ0) is 21.2. The molecule has 170 valence electrons. The smallest absolute Gasteiger partial charge is 0.335 e. The molecular formula is C19H35NO9. The first-order chi connectivity index (χ1) is 13.1. The van der Waals surface area contributed by atoms with Crippen molar-refractivity contribution in [2.24, 2.45) is 11.8 Å². The van der Waals surface area contributed by atoms with Crippen LogP contribution in [0.2, 0.25) is 0 Å². The van der Waals surface area contributed by atoms with E-state index in [1.807, 2.05) is 6.92 Å². The topological polar surface area (TPSA) is 144 Å². The molecule has 0 spiro atoms. The number of aliphatic hydroxyl groups excluding tert-OH is 2. The van der Waals surface area contributed by atoms with Crippen molar-refractivity contribution in [1.82, 2.24) is 5.32 Å². The molecule has 4 N–H and O–H groups in total. The van der Waals surface area contributed by atoms with Gasteiger partial charge >= 0.3 is 5.97 Å². The van der Waals surface area contributed by atoms with Gasteiger partial charge in [0, 0.05) is 25.9 Å². The summed E-state index contributed by atoms with van der Waals surface area (Å²) in [5.74, 6) is -2.63. The van der Waals surface area contributed by atoms with Crippen LogP contribution in [-0.4, -0.2) is 83.4 Å². The van der Waals surface area contributed by atoms with E-state index in [4.69, 9.17) is 18.9 Å². The molecule has 0 aromatic carbocycles. The van der Waals surface area contributed by atoms with Gasteiger partial charge in [0.1, 0.15) is 6.10 Å². The van der Waals surface area contributed by atoms with Crippen molar-refractivity contribution in [3.8, 4) is 0 Å². The van der Waals surface area contributed by atoms with Crippen molar-refractivity contribution in [3.05, 3.63) is 0 Å². The first-order valence-corrected chi connectivity index (χ1v) is 9.47. The Bertz CT molecular complexity index is 560. The van der Waals surface area contributed by atoms with Crippen molar-refractivity contribution in [2.45, 2.75) is 90.7 Å². The van der Waals surface area contributed by atoms with E-state index in [1.165, 1.54) is 14.0 Å². The molecule has 2 heterocycles. The minimum Gasteiger partial charge on any atom is -0.479 e. The largest absolute Gasteiger partial charge is 0.479 e. The number of aliphatic hydroxyl groups is 2. The Hall–Kier alpha value is -1.30. The fraction of sp³-hybridized carbons (Fsp3) is 0.895. The standard InChI is InChI=1S/C18H31NO9.CH4/c1-6-10-12(21)7(2)11(19-9(4)20)18(26-10)27-14-13(22)8(3)17(25-5)28-15(14)16(23)24;/h7-8,10-15,17-18,21-22H,6H2,1-5H3,(H,19,20)(H,23,24);1H4/t7-,8?,10?,11?,12+,13-,14+,15?,17-,18+;/m1./s1. The van der Waals surface area contributed by atoms with E-state index in [-0.39, 0.29) is 13.3 Å². The van der Waals surface area contributed by atoms with Gasteiger partial charge in [0.05, 0.1) is 24.4 Å². The molecule has 0 aromatic rings. The second-order valence-electron chi connectivity index (χ2n) is 7.48. The number of carboxylic acid groups (broad SMARTS) is 1. The SMILES string of the molecule is C.CCC1O[C@@H](O[C@@H]2C(C(=O)O)O[C@@H](OC)C(C)[C@H]2O)C(NC(C)=O)[C@@H](C)[C@@H]1O. The van der Waals surface area contributed by atoms with Crippen LogP contribution in [0.3, 0.4) is 0 Å². The number of rotatable bonds is 6. The van der Waals surface area contributed by atoms with Crippen molar-refractivity contribution in [1.29, 1.82) is 0 Å². The highest BCUT2D eigenvalue weighted by atomic mass is 16.7. The number of aliphatic carboxylic acids is 1. The maximum Gasteiger partial charge on any atom is 0.335 e. The first-order valence-electron chi connectivity index (χ1n) is 9.47. The third kappa shape index (κ3) is 5.44. The summed E-state index contributed by atoms with van der Waals surface area (Å²) in [6, 6.07) is -0.729. The average Bonchev–Trinajstić information content (AvgIpc) is 2.64. The molecule has 0 aliphatic carbocycles. The Kier molecular flexibility index (Phi) is 9.45. The number of carboxylic acids is 1. The van der Waals surface area contributed by atoms with E-state index in [2.05, 4.69) is 5.32 Å². The summed E-state index contributed by atoms with van der Waals surface area (Å²) < 4.78 is 22.3. The zero-order valence-electron chi connectivity index (χ0n) is 16.8. The van der Waals surface area contributed by atoms with Crippen molar-refractivity contribution in [2.75, 3.05) is 7.11 Å². The number of hydrogen-bond donors (Lipinski definition) is 4. The van der Waals surface area contributed by atoms with E-state index in [1.54, 1.807) is 13.8 Å². The Morgan fingerprint density at radius 1 is 1.07 bits per heavy atom. The number of methoxy groups -OCH3 is 1. The van der Waals surface area contributed by atoms with Crippen molar-refractivity contribution >= 4 is 11.9 Å². The van der Waals surface area contributed by atoms with Crippen molar-refractivity contribution < 1.29 is 43.9 Å². The Morgan fingerprint density at radius 3 is 2.17 bits per heavy atom. The summed E-state index contributed by atoms with van der Waals surface area (Å²) in [6.07, 6.45) is -6.81. The number of amides is 1. The van der Waals surface area contributed by atoms with E-state index >= 15 is 0 Å². The van der Waals surface area contributed by atoms with E-state index in [9.17, 15) is 24.9 Å². The van der Waals surface area contributed by atoms with Crippen LogP contribution in [-0.2, 0) is 28.5 Å². The maximum absolute atomic E-state index is 11.7. The predicted molar refractivity (Wildman–Crippen MR) is 102 cm³/mol. The lowest BCUT2D eigenvalue weighted by Gasteiger charge is -2.47. The van der Waals surface area contributed by atoms with Gasteiger partial charge in [-0.25, -0.2) is 4.79 Å². The van der Waals surface area contributed by atoms with E-state index < -0.39 is 66.9 Å². The van der Waals surface area contributed by atoms with Gasteiger partial charge in [0.25, 0.3) is 0 Å². The second-order valence-corrected chi connectivity index (χ2v) is 7.48. The highest BCUT2D eigenvalue weighted by Gasteiger charge is 2.51. The highest BCUT2D eigenvalue weighted by Crippen LogP contribution is 2.34. The Labute approximate surface area is 171 Å². The summed E-state index contributed by atoms with van der Waals surface area (Å²) in [7, 11) is 1.36. The minimum absolute atomic E-state index is 0. The van der Waals surface area contributed by atoms with Gasteiger partial charge in [-0.2, -0.15) is 0 Å². The second kappa shape index (κ2) is 10.6. The zero-order valence-corrected chi connectivity index (χ0v) is 16.8. The molecule has 2 fully saturated rings. The lowest BCUT2D eigenvalue weighted by Crippen LogP contribution is -2.64. The summed E-state index contributed by atoms with van der Waals surface area (Å²) in [5.41, 5.74) is 0. The molecule has 29 heavy (non-hydrogen) atoms. The van der Waals surface area contributed by atoms with Gasteiger partial charge in [-0.1, -0.05) is 28.2 Å². The molecule has 10 heteroatoms. The normalized spacial score (nSPS) is 42.6. The molecule has 2 aliphatic rings. The molecule has 0 saturated carbocycles. The maximum atomic E-state index is 11.7. The van der Waals surface area contributed by atoms with Gasteiger partial charge in [-0.3, -0.25) is 4.79 Å². The summed E-state index contributed by atoms with van der Waals surface area (Å²) in [5, 5.41) is 33.3. The number of carbonyl (C=O) groups excluding carboxylic acids is 1. The van der Waals surface area contributed by atoms with Gasteiger partial charge in [0.2, 0.25) is 5.91 Å². The van der Waals surface area contributed by atoms with E-state index in [0.717, 1.165) is 0 Å². The molecular weight excluding hydrogens is 386 g/mol. The van der Waals surface area contributed by atoms with Crippen LogP contribution < -0.4 is 5.32 Å². The van der Waals surface area contributed by atoms with Crippen LogP contribution >= 0.6 is 0 Å². The fourth-order valence-corrected chi connectivity index (χ4v) is 3.79. The number of hydrogen-bond acceptors (Lipinski definition) is 8.